The van der Waals surface area contributed by atoms with E-state index in [1.54, 1.807) is 12.3 Å². The van der Waals surface area contributed by atoms with Crippen LogP contribution in [0, 0.1) is 6.92 Å². The van der Waals surface area contributed by atoms with Crippen molar-refractivity contribution in [1.29, 1.82) is 0 Å². The molecule has 96 valence electrons. The van der Waals surface area contributed by atoms with Crippen molar-refractivity contribution in [3.8, 4) is 0 Å². The maximum Gasteiger partial charge on any atom is 0.105 e. The summed E-state index contributed by atoms with van der Waals surface area (Å²) in [5.41, 5.74) is 8.79. The Labute approximate surface area is 112 Å². The Morgan fingerprint density at radius 3 is 2.67 bits per heavy atom. The minimum atomic E-state index is 0.679. The highest BCUT2D eigenvalue weighted by molar-refractivity contribution is 6.30. The van der Waals surface area contributed by atoms with E-state index in [-0.39, 0.29) is 0 Å². The molecule has 2 N–H and O–H groups in total. The second-order valence-electron chi connectivity index (χ2n) is 4.57. The summed E-state index contributed by atoms with van der Waals surface area (Å²) in [5.74, 6) is 0.965. The molecule has 2 aromatic rings. The number of halogens is 1. The van der Waals surface area contributed by atoms with Crippen LogP contribution < -0.4 is 5.73 Å². The zero-order valence-electron chi connectivity index (χ0n) is 10.6. The van der Waals surface area contributed by atoms with E-state index in [0.29, 0.717) is 10.7 Å². The maximum atomic E-state index is 5.99. The van der Waals surface area contributed by atoms with Gasteiger partial charge in [0.25, 0.3) is 0 Å². The summed E-state index contributed by atoms with van der Waals surface area (Å²) in [6, 6.07) is 7.64. The largest absolute Gasteiger partial charge is 0.469 e. The summed E-state index contributed by atoms with van der Waals surface area (Å²) in [6.07, 6.45) is 1.72. The van der Waals surface area contributed by atoms with Gasteiger partial charge in [0.15, 0.2) is 0 Å². The molecule has 1 aromatic carbocycles. The molecule has 0 radical (unpaired) electrons. The summed E-state index contributed by atoms with van der Waals surface area (Å²) in [6.45, 7) is 3.62. The number of furan rings is 1. The molecule has 0 spiro atoms. The van der Waals surface area contributed by atoms with Crippen LogP contribution >= 0.6 is 11.6 Å². The van der Waals surface area contributed by atoms with Gasteiger partial charge >= 0.3 is 0 Å². The van der Waals surface area contributed by atoms with Crippen LogP contribution in [-0.2, 0) is 13.1 Å². The standard InChI is InChI=1S/C14H17ClN2O/c1-10-12(3-4-18-10)9-17(2)8-11-5-13(15)7-14(16)6-11/h3-7H,8-9,16H2,1-2H3. The van der Waals surface area contributed by atoms with Crippen LogP contribution in [-0.4, -0.2) is 11.9 Å². The van der Waals surface area contributed by atoms with E-state index in [9.17, 15) is 0 Å². The van der Waals surface area contributed by atoms with E-state index >= 15 is 0 Å². The number of benzene rings is 1. The molecule has 18 heavy (non-hydrogen) atoms. The number of rotatable bonds is 4. The number of hydrogen-bond acceptors (Lipinski definition) is 3. The molecule has 0 aliphatic carbocycles. The summed E-state index contributed by atoms with van der Waals surface area (Å²) >= 11 is 5.99. The number of hydrogen-bond donors (Lipinski definition) is 1. The number of nitrogen functional groups attached to an aromatic ring is 1. The van der Waals surface area contributed by atoms with E-state index in [1.807, 2.05) is 25.1 Å². The molecule has 0 bridgehead atoms. The predicted molar refractivity (Wildman–Crippen MR) is 74.5 cm³/mol. The van der Waals surface area contributed by atoms with Gasteiger partial charge in [0.2, 0.25) is 0 Å². The van der Waals surface area contributed by atoms with Crippen LogP contribution in [0.25, 0.3) is 0 Å². The summed E-state index contributed by atoms with van der Waals surface area (Å²) in [5, 5.41) is 0.679. The molecule has 0 saturated carbocycles. The smallest absolute Gasteiger partial charge is 0.105 e. The maximum absolute atomic E-state index is 5.99. The van der Waals surface area contributed by atoms with Gasteiger partial charge in [-0.1, -0.05) is 11.6 Å². The fourth-order valence-corrected chi connectivity index (χ4v) is 2.27. The van der Waals surface area contributed by atoms with Gasteiger partial charge in [0, 0.05) is 29.4 Å². The lowest BCUT2D eigenvalue weighted by Crippen LogP contribution is -2.17. The average Bonchev–Trinajstić information content (AvgIpc) is 2.62. The quantitative estimate of drug-likeness (QED) is 0.860. The fourth-order valence-electron chi connectivity index (χ4n) is 2.00. The molecule has 4 heteroatoms. The SMILES string of the molecule is Cc1occc1CN(C)Cc1cc(N)cc(Cl)c1. The third kappa shape index (κ3) is 3.28. The molecule has 0 amide bonds. The average molecular weight is 265 g/mol. The molecule has 1 aromatic heterocycles. The highest BCUT2D eigenvalue weighted by Gasteiger charge is 2.07. The van der Waals surface area contributed by atoms with Gasteiger partial charge in [-0.25, -0.2) is 0 Å². The fraction of sp³-hybridized carbons (Fsp3) is 0.286. The Hall–Kier alpha value is -1.45. The van der Waals surface area contributed by atoms with Crippen molar-refractivity contribution < 1.29 is 4.42 Å². The van der Waals surface area contributed by atoms with Crippen molar-refractivity contribution >= 4 is 17.3 Å². The Morgan fingerprint density at radius 2 is 2.06 bits per heavy atom. The van der Waals surface area contributed by atoms with E-state index in [2.05, 4.69) is 11.9 Å². The van der Waals surface area contributed by atoms with Gasteiger partial charge in [-0.2, -0.15) is 0 Å². The molecule has 0 unspecified atom stereocenters. The van der Waals surface area contributed by atoms with Gasteiger partial charge in [0.05, 0.1) is 6.26 Å². The summed E-state index contributed by atoms with van der Waals surface area (Å²) in [7, 11) is 2.06. The Bertz CT molecular complexity index is 516. The number of anilines is 1. The van der Waals surface area contributed by atoms with E-state index in [1.165, 1.54) is 5.56 Å². The molecular formula is C14H17ClN2O. The van der Waals surface area contributed by atoms with Crippen LogP contribution in [0.1, 0.15) is 16.9 Å². The molecule has 3 nitrogen and oxygen atoms in total. The topological polar surface area (TPSA) is 42.4 Å². The second kappa shape index (κ2) is 5.46. The normalized spacial score (nSPS) is 11.1. The second-order valence-corrected chi connectivity index (χ2v) is 5.00. The van der Waals surface area contributed by atoms with Crippen molar-refractivity contribution in [2.45, 2.75) is 20.0 Å². The third-order valence-corrected chi connectivity index (χ3v) is 3.06. The molecule has 0 fully saturated rings. The highest BCUT2D eigenvalue weighted by atomic mass is 35.5. The predicted octanol–water partition coefficient (Wildman–Crippen LogP) is 3.46. The van der Waals surface area contributed by atoms with Crippen molar-refractivity contribution in [2.24, 2.45) is 0 Å². The lowest BCUT2D eigenvalue weighted by Gasteiger charge is -2.16. The number of nitrogens with two attached hydrogens (primary N) is 1. The number of nitrogens with zero attached hydrogens (tertiary/aromatic N) is 1. The lowest BCUT2D eigenvalue weighted by atomic mass is 10.2. The van der Waals surface area contributed by atoms with Crippen molar-refractivity contribution in [1.82, 2.24) is 4.90 Å². The molecule has 2 rings (SSSR count). The van der Waals surface area contributed by atoms with Crippen molar-refractivity contribution in [3.63, 3.8) is 0 Å². The van der Waals surface area contributed by atoms with Crippen LogP contribution in [0.15, 0.2) is 34.9 Å². The Kier molecular flexibility index (Phi) is 3.94. The van der Waals surface area contributed by atoms with Crippen molar-refractivity contribution in [2.75, 3.05) is 12.8 Å². The minimum absolute atomic E-state index is 0.679. The Balaban J connectivity index is 2.03. The lowest BCUT2D eigenvalue weighted by molar-refractivity contribution is 0.316. The monoisotopic (exact) mass is 264 g/mol. The van der Waals surface area contributed by atoms with Gasteiger partial charge in [-0.3, -0.25) is 4.90 Å². The van der Waals surface area contributed by atoms with Gasteiger partial charge in [-0.15, -0.1) is 0 Å². The van der Waals surface area contributed by atoms with Crippen LogP contribution in [0.4, 0.5) is 5.69 Å². The van der Waals surface area contributed by atoms with Crippen LogP contribution in [0.5, 0.6) is 0 Å². The van der Waals surface area contributed by atoms with Gasteiger partial charge in [-0.05, 0) is 43.8 Å². The first-order valence-corrected chi connectivity index (χ1v) is 6.19. The van der Waals surface area contributed by atoms with Gasteiger partial charge in [0.1, 0.15) is 5.76 Å². The molecule has 0 aliphatic rings. The van der Waals surface area contributed by atoms with Crippen LogP contribution in [0.2, 0.25) is 5.02 Å². The molecular weight excluding hydrogens is 248 g/mol. The van der Waals surface area contributed by atoms with Gasteiger partial charge < -0.3 is 10.2 Å². The first kappa shape index (κ1) is 13.0. The van der Waals surface area contributed by atoms with Crippen molar-refractivity contribution in [3.05, 3.63) is 52.4 Å². The minimum Gasteiger partial charge on any atom is -0.469 e. The van der Waals surface area contributed by atoms with Crippen LogP contribution in [0.3, 0.4) is 0 Å². The first-order chi connectivity index (χ1) is 8.54. The summed E-state index contributed by atoms with van der Waals surface area (Å²) < 4.78 is 5.29. The van der Waals surface area contributed by atoms with E-state index < -0.39 is 0 Å². The van der Waals surface area contributed by atoms with E-state index in [0.717, 1.165) is 24.4 Å². The molecule has 1 heterocycles. The third-order valence-electron chi connectivity index (χ3n) is 2.84. The van der Waals surface area contributed by atoms with E-state index in [4.69, 9.17) is 21.8 Å². The zero-order valence-corrected chi connectivity index (χ0v) is 11.4. The first-order valence-electron chi connectivity index (χ1n) is 5.81. The molecule has 0 aliphatic heterocycles. The molecule has 0 atom stereocenters. The number of aryl methyl sites for hydroxylation is 1. The summed E-state index contributed by atoms with van der Waals surface area (Å²) in [4.78, 5) is 2.20. The highest BCUT2D eigenvalue weighted by Crippen LogP contribution is 2.19. The Morgan fingerprint density at radius 1 is 1.28 bits per heavy atom. The molecule has 0 saturated heterocycles. The zero-order chi connectivity index (χ0) is 13.1.